The van der Waals surface area contributed by atoms with Gasteiger partial charge in [0.2, 0.25) is 0 Å². The van der Waals surface area contributed by atoms with Crippen molar-refractivity contribution in [1.82, 2.24) is 20.3 Å². The second kappa shape index (κ2) is 5.71. The summed E-state index contributed by atoms with van der Waals surface area (Å²) in [6.45, 7) is 1.55. The van der Waals surface area contributed by atoms with Crippen LogP contribution < -0.4 is 16.6 Å². The maximum absolute atomic E-state index is 11.8. The molecule has 0 saturated carbocycles. The maximum Gasteiger partial charge on any atom is 0.347 e. The van der Waals surface area contributed by atoms with Crippen LogP contribution in [-0.2, 0) is 6.54 Å². The molecule has 0 aliphatic heterocycles. The minimum atomic E-state index is -1.08. The molecule has 0 fully saturated rings. The quantitative estimate of drug-likeness (QED) is 0.596. The minimum absolute atomic E-state index is 0.00749. The molecule has 0 aliphatic carbocycles. The number of carboxylic acid groups (broad SMARTS) is 1. The van der Waals surface area contributed by atoms with Gasteiger partial charge in [-0.15, -0.1) is 11.3 Å². The van der Waals surface area contributed by atoms with Gasteiger partial charge in [-0.2, -0.15) is 0 Å². The Morgan fingerprint density at radius 1 is 1.38 bits per heavy atom. The van der Waals surface area contributed by atoms with Crippen molar-refractivity contribution < 1.29 is 14.7 Å². The number of hydrogen-bond acceptors (Lipinski definition) is 6. The van der Waals surface area contributed by atoms with E-state index < -0.39 is 23.1 Å². The predicted molar refractivity (Wildman–Crippen MR) is 72.7 cm³/mol. The summed E-state index contributed by atoms with van der Waals surface area (Å²) in [6, 6.07) is 0.951. The number of rotatable bonds is 4. The first-order valence-electron chi connectivity index (χ1n) is 5.68. The molecule has 4 N–H and O–H groups in total. The van der Waals surface area contributed by atoms with Crippen LogP contribution in [-0.4, -0.2) is 31.9 Å². The lowest BCUT2D eigenvalue weighted by molar-refractivity contribution is 0.0701. The maximum atomic E-state index is 11.8. The van der Waals surface area contributed by atoms with E-state index in [0.29, 0.717) is 10.7 Å². The number of H-pyrrole nitrogens is 2. The van der Waals surface area contributed by atoms with Crippen LogP contribution in [0.15, 0.2) is 15.7 Å². The summed E-state index contributed by atoms with van der Waals surface area (Å²) in [7, 11) is 0. The van der Waals surface area contributed by atoms with Gasteiger partial charge in [-0.1, -0.05) is 0 Å². The smallest absolute Gasteiger partial charge is 0.347 e. The molecule has 0 aromatic carbocycles. The molecule has 1 amide bonds. The summed E-state index contributed by atoms with van der Waals surface area (Å²) < 4.78 is 0. The standard InChI is InChI=1S/C11H10N4O5S/c1-4-8(10(18)19)21-7(13-4)3-12-9(17)5-2-6(16)15-11(20)14-5/h2H,3H2,1H3,(H,12,17)(H,18,19)(H2,14,15,16,20). The van der Waals surface area contributed by atoms with Crippen molar-refractivity contribution in [2.75, 3.05) is 0 Å². The number of nitrogens with one attached hydrogen (secondary N) is 3. The Bertz CT molecular complexity index is 790. The van der Waals surface area contributed by atoms with Gasteiger partial charge in [0.15, 0.2) is 0 Å². The number of carbonyl (C=O) groups excluding carboxylic acids is 1. The molecule has 0 radical (unpaired) electrons. The minimum Gasteiger partial charge on any atom is -0.477 e. The summed E-state index contributed by atoms with van der Waals surface area (Å²) >= 11 is 0.946. The molecule has 10 heteroatoms. The van der Waals surface area contributed by atoms with E-state index in [1.807, 2.05) is 4.98 Å². The van der Waals surface area contributed by atoms with Gasteiger partial charge < -0.3 is 15.4 Å². The van der Waals surface area contributed by atoms with E-state index in [9.17, 15) is 19.2 Å². The SMILES string of the molecule is Cc1nc(CNC(=O)c2cc(=O)[nH]c(=O)[nH]2)sc1C(=O)O. The molecule has 0 spiro atoms. The highest BCUT2D eigenvalue weighted by atomic mass is 32.1. The molecule has 0 bridgehead atoms. The Balaban J connectivity index is 2.11. The number of aromatic nitrogens is 3. The topological polar surface area (TPSA) is 145 Å². The molecular formula is C11H10N4O5S. The third-order valence-electron chi connectivity index (χ3n) is 2.44. The molecule has 0 saturated heterocycles. The van der Waals surface area contributed by atoms with Gasteiger partial charge in [-0.25, -0.2) is 14.6 Å². The molecule has 0 unspecified atom stereocenters. The van der Waals surface area contributed by atoms with Crippen molar-refractivity contribution in [2.45, 2.75) is 13.5 Å². The van der Waals surface area contributed by atoms with E-state index in [4.69, 9.17) is 5.11 Å². The van der Waals surface area contributed by atoms with E-state index in [-0.39, 0.29) is 17.1 Å². The van der Waals surface area contributed by atoms with Gasteiger partial charge >= 0.3 is 11.7 Å². The Hall–Kier alpha value is -2.75. The Morgan fingerprint density at radius 3 is 2.67 bits per heavy atom. The second-order valence-electron chi connectivity index (χ2n) is 4.01. The number of carbonyl (C=O) groups is 2. The zero-order valence-corrected chi connectivity index (χ0v) is 11.5. The molecule has 110 valence electrons. The number of hydrogen-bond donors (Lipinski definition) is 4. The Kier molecular flexibility index (Phi) is 3.98. The lowest BCUT2D eigenvalue weighted by Crippen LogP contribution is -2.30. The first-order chi connectivity index (χ1) is 9.86. The van der Waals surface area contributed by atoms with E-state index in [0.717, 1.165) is 17.4 Å². The fourth-order valence-corrected chi connectivity index (χ4v) is 2.41. The van der Waals surface area contributed by atoms with Crippen molar-refractivity contribution in [3.63, 3.8) is 0 Å². The molecule has 2 heterocycles. The lowest BCUT2D eigenvalue weighted by atomic mass is 10.4. The second-order valence-corrected chi connectivity index (χ2v) is 5.09. The number of aryl methyl sites for hydroxylation is 1. The summed E-state index contributed by atoms with van der Waals surface area (Å²) in [5, 5.41) is 11.8. The number of nitrogens with zero attached hydrogens (tertiary/aromatic N) is 1. The van der Waals surface area contributed by atoms with Crippen LogP contribution in [0.2, 0.25) is 0 Å². The first-order valence-corrected chi connectivity index (χ1v) is 6.50. The van der Waals surface area contributed by atoms with Gasteiger partial charge in [0.25, 0.3) is 11.5 Å². The molecule has 2 aromatic heterocycles. The van der Waals surface area contributed by atoms with E-state index >= 15 is 0 Å². The highest BCUT2D eigenvalue weighted by Gasteiger charge is 2.15. The predicted octanol–water partition coefficient (Wildman–Crippen LogP) is -0.544. The van der Waals surface area contributed by atoms with Crippen molar-refractivity contribution in [2.24, 2.45) is 0 Å². The van der Waals surface area contributed by atoms with Gasteiger partial charge in [-0.3, -0.25) is 14.6 Å². The summed E-state index contributed by atoms with van der Waals surface area (Å²) in [5.41, 5.74) is -1.30. The monoisotopic (exact) mass is 310 g/mol. The number of thiazole rings is 1. The van der Waals surface area contributed by atoms with Gasteiger partial charge in [0, 0.05) is 6.07 Å². The summed E-state index contributed by atoms with van der Waals surface area (Å²) in [6.07, 6.45) is 0. The van der Waals surface area contributed by atoms with Crippen molar-refractivity contribution >= 4 is 23.2 Å². The normalized spacial score (nSPS) is 10.3. The van der Waals surface area contributed by atoms with Crippen LogP contribution >= 0.6 is 11.3 Å². The summed E-state index contributed by atoms with van der Waals surface area (Å²) in [4.78, 5) is 53.0. The number of aromatic amines is 2. The zero-order chi connectivity index (χ0) is 15.6. The number of carboxylic acids is 1. The Labute approximate surface area is 120 Å². The third kappa shape index (κ3) is 3.42. The van der Waals surface area contributed by atoms with Crippen LogP contribution in [0.3, 0.4) is 0 Å². The van der Waals surface area contributed by atoms with Gasteiger partial charge in [0.1, 0.15) is 15.6 Å². The van der Waals surface area contributed by atoms with Crippen LogP contribution in [0.1, 0.15) is 30.9 Å². The molecule has 9 nitrogen and oxygen atoms in total. The van der Waals surface area contributed by atoms with Gasteiger partial charge in [0.05, 0.1) is 12.2 Å². The first kappa shape index (κ1) is 14.7. The highest BCUT2D eigenvalue weighted by molar-refractivity contribution is 7.13. The van der Waals surface area contributed by atoms with E-state index in [2.05, 4.69) is 15.3 Å². The average Bonchev–Trinajstić information content (AvgIpc) is 2.76. The van der Waals surface area contributed by atoms with Gasteiger partial charge in [-0.05, 0) is 6.92 Å². The largest absolute Gasteiger partial charge is 0.477 e. The fourth-order valence-electron chi connectivity index (χ4n) is 1.57. The van der Waals surface area contributed by atoms with E-state index in [1.165, 1.54) is 0 Å². The van der Waals surface area contributed by atoms with E-state index in [1.54, 1.807) is 6.92 Å². The van der Waals surface area contributed by atoms with Crippen LogP contribution in [0.25, 0.3) is 0 Å². The molecule has 0 aliphatic rings. The molecule has 2 rings (SSSR count). The molecule has 2 aromatic rings. The lowest BCUT2D eigenvalue weighted by Gasteiger charge is -2.01. The average molecular weight is 310 g/mol. The van der Waals surface area contributed by atoms with Crippen LogP contribution in [0.5, 0.6) is 0 Å². The zero-order valence-electron chi connectivity index (χ0n) is 10.7. The summed E-state index contributed by atoms with van der Waals surface area (Å²) in [5.74, 6) is -1.75. The molecule has 21 heavy (non-hydrogen) atoms. The van der Waals surface area contributed by atoms with Crippen LogP contribution in [0.4, 0.5) is 0 Å². The number of amides is 1. The van der Waals surface area contributed by atoms with Crippen molar-refractivity contribution in [3.8, 4) is 0 Å². The Morgan fingerprint density at radius 2 is 2.10 bits per heavy atom. The van der Waals surface area contributed by atoms with Crippen LogP contribution in [0, 0.1) is 6.92 Å². The number of aromatic carboxylic acids is 1. The highest BCUT2D eigenvalue weighted by Crippen LogP contribution is 2.17. The van der Waals surface area contributed by atoms with Crippen molar-refractivity contribution in [3.05, 3.63) is 48.2 Å². The molecule has 0 atom stereocenters. The molecular weight excluding hydrogens is 300 g/mol. The fraction of sp³-hybridized carbons (Fsp3) is 0.182. The third-order valence-corrected chi connectivity index (χ3v) is 3.59. The van der Waals surface area contributed by atoms with Crippen molar-refractivity contribution in [1.29, 1.82) is 0 Å².